The first kappa shape index (κ1) is 12.6. The van der Waals surface area contributed by atoms with Crippen LogP contribution in [-0.4, -0.2) is 22.0 Å². The van der Waals surface area contributed by atoms with E-state index >= 15 is 0 Å². The van der Waals surface area contributed by atoms with Gasteiger partial charge in [0.1, 0.15) is 16.4 Å². The number of ether oxygens (including phenoxy) is 1. The van der Waals surface area contributed by atoms with Gasteiger partial charge in [-0.25, -0.2) is 9.78 Å². The van der Waals surface area contributed by atoms with Crippen molar-refractivity contribution < 1.29 is 14.5 Å². The normalized spacial score (nSPS) is 10.2. The summed E-state index contributed by atoms with van der Waals surface area (Å²) in [6.45, 7) is 3.33. The molecule has 1 rings (SSSR count). The Morgan fingerprint density at radius 2 is 2.25 bits per heavy atom. The predicted molar refractivity (Wildman–Crippen MR) is 59.1 cm³/mol. The zero-order valence-corrected chi connectivity index (χ0v) is 10.2. The summed E-state index contributed by atoms with van der Waals surface area (Å²) in [7, 11) is 0. The van der Waals surface area contributed by atoms with Crippen molar-refractivity contribution in [3.8, 4) is 0 Å². The second-order valence-electron chi connectivity index (χ2n) is 3.24. The fourth-order valence-electron chi connectivity index (χ4n) is 1.01. The van der Waals surface area contributed by atoms with Crippen molar-refractivity contribution >= 4 is 27.6 Å². The van der Waals surface area contributed by atoms with Crippen LogP contribution in [0.4, 0.5) is 5.69 Å². The fraction of sp³-hybridized carbons (Fsp3) is 0.333. The van der Waals surface area contributed by atoms with Gasteiger partial charge in [0.2, 0.25) is 0 Å². The molecule has 0 unspecified atom stereocenters. The van der Waals surface area contributed by atoms with Crippen molar-refractivity contribution in [1.29, 1.82) is 0 Å². The van der Waals surface area contributed by atoms with Gasteiger partial charge in [-0.1, -0.05) is 0 Å². The summed E-state index contributed by atoms with van der Waals surface area (Å²) in [5.74, 6) is -0.732. The number of aromatic nitrogens is 1. The van der Waals surface area contributed by atoms with Crippen LogP contribution in [0, 0.1) is 10.1 Å². The van der Waals surface area contributed by atoms with Crippen LogP contribution >= 0.6 is 15.9 Å². The minimum Gasteiger partial charge on any atom is -0.459 e. The molecule has 0 bridgehead atoms. The van der Waals surface area contributed by atoms with E-state index in [1.54, 1.807) is 13.8 Å². The molecule has 0 aliphatic rings. The number of hydrogen-bond donors (Lipinski definition) is 0. The lowest BCUT2D eigenvalue weighted by molar-refractivity contribution is -0.385. The molecule has 0 spiro atoms. The third kappa shape index (κ3) is 2.99. The minimum atomic E-state index is -0.732. The molecule has 0 aliphatic carbocycles. The van der Waals surface area contributed by atoms with Crippen LogP contribution in [0.2, 0.25) is 0 Å². The molecule has 0 saturated carbocycles. The first-order valence-corrected chi connectivity index (χ1v) is 5.22. The number of carbonyl (C=O) groups is 1. The van der Waals surface area contributed by atoms with Crippen molar-refractivity contribution in [3.63, 3.8) is 0 Å². The summed E-state index contributed by atoms with van der Waals surface area (Å²) in [5, 5.41) is 10.7. The molecule has 86 valence electrons. The van der Waals surface area contributed by atoms with Crippen LogP contribution in [0.25, 0.3) is 0 Å². The van der Waals surface area contributed by atoms with Crippen molar-refractivity contribution in [2.45, 2.75) is 20.0 Å². The van der Waals surface area contributed by atoms with Gasteiger partial charge in [0.25, 0.3) is 0 Å². The van der Waals surface area contributed by atoms with E-state index in [1.807, 2.05) is 0 Å². The Kier molecular flexibility index (Phi) is 3.94. The summed E-state index contributed by atoms with van der Waals surface area (Å²) < 4.78 is 5.23. The first-order chi connectivity index (χ1) is 7.41. The van der Waals surface area contributed by atoms with Gasteiger partial charge >= 0.3 is 11.7 Å². The van der Waals surface area contributed by atoms with Crippen molar-refractivity contribution in [2.24, 2.45) is 0 Å². The van der Waals surface area contributed by atoms with Gasteiger partial charge in [0, 0.05) is 0 Å². The molecular formula is C9H9BrN2O4. The second-order valence-corrected chi connectivity index (χ2v) is 4.05. The van der Waals surface area contributed by atoms with Gasteiger partial charge in [-0.3, -0.25) is 10.1 Å². The predicted octanol–water partition coefficient (Wildman–Crippen LogP) is 2.32. The molecule has 0 aromatic carbocycles. The van der Waals surface area contributed by atoms with E-state index in [0.717, 1.165) is 6.20 Å². The second kappa shape index (κ2) is 5.02. The van der Waals surface area contributed by atoms with E-state index in [0.29, 0.717) is 4.60 Å². The molecule has 7 heteroatoms. The molecule has 0 atom stereocenters. The Morgan fingerprint density at radius 1 is 1.62 bits per heavy atom. The summed E-state index contributed by atoms with van der Waals surface area (Å²) in [6.07, 6.45) is 0.681. The lowest BCUT2D eigenvalue weighted by Crippen LogP contribution is -2.13. The number of esters is 1. The molecule has 0 aliphatic heterocycles. The monoisotopic (exact) mass is 288 g/mol. The zero-order valence-electron chi connectivity index (χ0n) is 8.64. The lowest BCUT2D eigenvalue weighted by atomic mass is 10.2. The third-order valence-corrected chi connectivity index (χ3v) is 2.04. The summed E-state index contributed by atoms with van der Waals surface area (Å²) >= 11 is 3.04. The molecular weight excluding hydrogens is 280 g/mol. The number of pyridine rings is 1. The van der Waals surface area contributed by atoms with Crippen molar-refractivity contribution in [2.75, 3.05) is 0 Å². The molecule has 16 heavy (non-hydrogen) atoms. The van der Waals surface area contributed by atoms with Crippen molar-refractivity contribution in [3.05, 3.63) is 32.5 Å². The van der Waals surface area contributed by atoms with Gasteiger partial charge in [-0.15, -0.1) is 0 Å². The average Bonchev–Trinajstić information content (AvgIpc) is 2.15. The van der Waals surface area contributed by atoms with E-state index in [1.165, 1.54) is 6.07 Å². The number of halogens is 1. The standard InChI is InChI=1S/C9H9BrN2O4/c1-5(2)16-9(13)6-3-8(10)11-4-7(6)12(14)15/h3-5H,1-2H3. The molecule has 6 nitrogen and oxygen atoms in total. The Bertz CT molecular complexity index is 434. The maximum absolute atomic E-state index is 11.6. The third-order valence-electron chi connectivity index (χ3n) is 1.61. The molecule has 1 aromatic rings. The van der Waals surface area contributed by atoms with E-state index in [2.05, 4.69) is 20.9 Å². The molecule has 0 N–H and O–H groups in total. The number of rotatable bonds is 3. The largest absolute Gasteiger partial charge is 0.459 e. The van der Waals surface area contributed by atoms with Gasteiger partial charge in [0.15, 0.2) is 0 Å². The van der Waals surface area contributed by atoms with Crippen LogP contribution < -0.4 is 0 Å². The van der Waals surface area contributed by atoms with E-state index < -0.39 is 10.9 Å². The Hall–Kier alpha value is -1.50. The summed E-state index contributed by atoms with van der Waals surface area (Å²) in [5.41, 5.74) is -0.477. The highest BCUT2D eigenvalue weighted by Gasteiger charge is 2.23. The quantitative estimate of drug-likeness (QED) is 0.369. The number of nitro groups is 1. The number of nitrogens with zero attached hydrogens (tertiary/aromatic N) is 2. The maximum Gasteiger partial charge on any atom is 0.345 e. The van der Waals surface area contributed by atoms with Crippen LogP contribution in [0.15, 0.2) is 16.9 Å². The highest BCUT2D eigenvalue weighted by Crippen LogP contribution is 2.21. The van der Waals surface area contributed by atoms with Gasteiger partial charge in [-0.2, -0.15) is 0 Å². The highest BCUT2D eigenvalue weighted by molar-refractivity contribution is 9.10. The summed E-state index contributed by atoms with van der Waals surface area (Å²) in [4.78, 5) is 25.2. The number of hydrogen-bond acceptors (Lipinski definition) is 5. The van der Waals surface area contributed by atoms with Crippen LogP contribution in [0.5, 0.6) is 0 Å². The lowest BCUT2D eigenvalue weighted by Gasteiger charge is -2.07. The molecule has 0 fully saturated rings. The van der Waals surface area contributed by atoms with E-state index in [-0.39, 0.29) is 17.4 Å². The molecule has 1 heterocycles. The van der Waals surface area contributed by atoms with Crippen LogP contribution in [0.3, 0.4) is 0 Å². The van der Waals surface area contributed by atoms with E-state index in [9.17, 15) is 14.9 Å². The Morgan fingerprint density at radius 3 is 2.75 bits per heavy atom. The van der Waals surface area contributed by atoms with Gasteiger partial charge < -0.3 is 4.74 Å². The minimum absolute atomic E-state index is 0.111. The molecule has 0 radical (unpaired) electrons. The SMILES string of the molecule is CC(C)OC(=O)c1cc(Br)ncc1[N+](=O)[O-]. The topological polar surface area (TPSA) is 82.3 Å². The molecule has 1 aromatic heterocycles. The molecule has 0 amide bonds. The van der Waals surface area contributed by atoms with Gasteiger partial charge in [0.05, 0.1) is 11.0 Å². The Balaban J connectivity index is 3.14. The molecule has 0 saturated heterocycles. The van der Waals surface area contributed by atoms with Crippen molar-refractivity contribution in [1.82, 2.24) is 4.98 Å². The highest BCUT2D eigenvalue weighted by atomic mass is 79.9. The first-order valence-electron chi connectivity index (χ1n) is 4.42. The average molecular weight is 289 g/mol. The fourth-order valence-corrected chi connectivity index (χ4v) is 1.34. The van der Waals surface area contributed by atoms with Crippen LogP contribution in [0.1, 0.15) is 24.2 Å². The Labute approximate surface area is 99.9 Å². The number of carbonyl (C=O) groups excluding carboxylic acids is 1. The maximum atomic E-state index is 11.6. The smallest absolute Gasteiger partial charge is 0.345 e. The summed E-state index contributed by atoms with van der Waals surface area (Å²) in [6, 6.07) is 1.27. The van der Waals surface area contributed by atoms with Crippen LogP contribution in [-0.2, 0) is 4.74 Å². The zero-order chi connectivity index (χ0) is 12.3. The van der Waals surface area contributed by atoms with E-state index in [4.69, 9.17) is 4.74 Å². The van der Waals surface area contributed by atoms with Gasteiger partial charge in [-0.05, 0) is 35.8 Å².